The first-order valence-electron chi connectivity index (χ1n) is 9.76. The van der Waals surface area contributed by atoms with Crippen molar-refractivity contribution in [3.63, 3.8) is 0 Å². The maximum absolute atomic E-state index is 12.9. The third-order valence-corrected chi connectivity index (χ3v) is 5.06. The number of carbonyl (C=O) groups excluding carboxylic acids is 1. The highest BCUT2D eigenvalue weighted by molar-refractivity contribution is 5.85. The van der Waals surface area contributed by atoms with Crippen molar-refractivity contribution < 1.29 is 9.53 Å². The Morgan fingerprint density at radius 2 is 1.85 bits per heavy atom. The van der Waals surface area contributed by atoms with Crippen molar-refractivity contribution in [2.75, 3.05) is 0 Å². The quantitative estimate of drug-likeness (QED) is 0.520. The first-order chi connectivity index (χ1) is 13.0. The van der Waals surface area contributed by atoms with E-state index in [1.54, 1.807) is 6.92 Å². The number of unbranched alkanes of at least 4 members (excludes halogenated alkanes) is 2. The molecule has 142 valence electrons. The molecular formula is C23H28N2O2. The van der Waals surface area contributed by atoms with Crippen LogP contribution in [0.3, 0.4) is 0 Å². The zero-order valence-corrected chi connectivity index (χ0v) is 16.7. The Kier molecular flexibility index (Phi) is 5.94. The predicted molar refractivity (Wildman–Crippen MR) is 110 cm³/mol. The topological polar surface area (TPSA) is 44.1 Å². The van der Waals surface area contributed by atoms with Crippen LogP contribution in [0.5, 0.6) is 5.75 Å². The van der Waals surface area contributed by atoms with Gasteiger partial charge in [-0.05, 0) is 62.1 Å². The van der Waals surface area contributed by atoms with Gasteiger partial charge in [-0.2, -0.15) is 5.10 Å². The lowest BCUT2D eigenvalue weighted by atomic mass is 10.1. The summed E-state index contributed by atoms with van der Waals surface area (Å²) in [5.41, 5.74) is 3.06. The summed E-state index contributed by atoms with van der Waals surface area (Å²) in [5.74, 6) is 0.560. The van der Waals surface area contributed by atoms with Crippen LogP contribution in [0.15, 0.2) is 42.5 Å². The fraction of sp³-hybridized carbons (Fsp3) is 0.391. The van der Waals surface area contributed by atoms with Crippen LogP contribution in [-0.4, -0.2) is 21.8 Å². The minimum absolute atomic E-state index is 0.134. The number of rotatable bonds is 7. The molecule has 0 aliphatic carbocycles. The van der Waals surface area contributed by atoms with E-state index in [2.05, 4.69) is 18.1 Å². The molecule has 0 saturated carbocycles. The van der Waals surface area contributed by atoms with Crippen molar-refractivity contribution in [3.8, 4) is 5.75 Å². The smallest absolute Gasteiger partial charge is 0.287 e. The number of hydrogen-bond donors (Lipinski definition) is 0. The minimum atomic E-state index is -0.604. The molecule has 0 N–H and O–H groups in total. The van der Waals surface area contributed by atoms with E-state index in [1.165, 1.54) is 23.1 Å². The summed E-state index contributed by atoms with van der Waals surface area (Å²) in [6.07, 6.45) is 3.87. The van der Waals surface area contributed by atoms with Gasteiger partial charge >= 0.3 is 0 Å². The first kappa shape index (κ1) is 19.2. The molecule has 0 aliphatic heterocycles. The first-order valence-corrected chi connectivity index (χ1v) is 9.76. The summed E-state index contributed by atoms with van der Waals surface area (Å²) in [4.78, 5) is 12.9. The van der Waals surface area contributed by atoms with E-state index in [4.69, 9.17) is 4.74 Å². The SMILES string of the molecule is CCCCCc1c(C)nn(C(=O)C(C)Oc2ccc3ccccc3c2)c1C. The second-order valence-electron chi connectivity index (χ2n) is 7.13. The van der Waals surface area contributed by atoms with Crippen LogP contribution in [0.4, 0.5) is 0 Å². The average Bonchev–Trinajstić information content (AvgIpc) is 2.95. The van der Waals surface area contributed by atoms with E-state index in [-0.39, 0.29) is 5.91 Å². The highest BCUT2D eigenvalue weighted by Gasteiger charge is 2.22. The predicted octanol–water partition coefficient (Wildman–Crippen LogP) is 5.49. The number of hydrogen-bond acceptors (Lipinski definition) is 3. The van der Waals surface area contributed by atoms with Crippen molar-refractivity contribution in [3.05, 3.63) is 59.4 Å². The number of fused-ring (bicyclic) bond motifs is 1. The van der Waals surface area contributed by atoms with Gasteiger partial charge in [-0.25, -0.2) is 4.68 Å². The molecule has 1 atom stereocenters. The Labute approximate surface area is 161 Å². The van der Waals surface area contributed by atoms with Gasteiger partial charge in [0.25, 0.3) is 5.91 Å². The molecule has 0 spiro atoms. The van der Waals surface area contributed by atoms with Gasteiger partial charge in [0.2, 0.25) is 0 Å². The molecule has 0 fully saturated rings. The van der Waals surface area contributed by atoms with Gasteiger partial charge < -0.3 is 4.74 Å². The molecule has 0 saturated heterocycles. The summed E-state index contributed by atoms with van der Waals surface area (Å²) in [6.45, 7) is 7.93. The second kappa shape index (κ2) is 8.38. The number of ether oxygens (including phenoxy) is 1. The molecule has 0 aliphatic rings. The summed E-state index contributed by atoms with van der Waals surface area (Å²) in [6, 6.07) is 14.0. The van der Waals surface area contributed by atoms with Crippen LogP contribution in [0.1, 0.15) is 54.9 Å². The van der Waals surface area contributed by atoms with E-state index in [1.807, 2.05) is 50.2 Å². The number of aromatic nitrogens is 2. The number of nitrogens with zero attached hydrogens (tertiary/aromatic N) is 2. The van der Waals surface area contributed by atoms with Gasteiger partial charge in [-0.3, -0.25) is 4.79 Å². The van der Waals surface area contributed by atoms with Crippen molar-refractivity contribution in [1.29, 1.82) is 0 Å². The summed E-state index contributed by atoms with van der Waals surface area (Å²) in [5, 5.41) is 6.74. The van der Waals surface area contributed by atoms with E-state index in [9.17, 15) is 4.79 Å². The number of aryl methyl sites for hydroxylation is 1. The van der Waals surface area contributed by atoms with E-state index in [0.717, 1.165) is 35.0 Å². The molecule has 1 unspecified atom stereocenters. The van der Waals surface area contributed by atoms with Crippen LogP contribution in [0.2, 0.25) is 0 Å². The largest absolute Gasteiger partial charge is 0.481 e. The lowest BCUT2D eigenvalue weighted by Gasteiger charge is -2.15. The van der Waals surface area contributed by atoms with Gasteiger partial charge in [0.15, 0.2) is 6.10 Å². The molecule has 1 aromatic heterocycles. The molecule has 0 radical (unpaired) electrons. The third kappa shape index (κ3) is 4.21. The molecular weight excluding hydrogens is 336 g/mol. The Hall–Kier alpha value is -2.62. The Morgan fingerprint density at radius 1 is 1.11 bits per heavy atom. The summed E-state index contributed by atoms with van der Waals surface area (Å²) >= 11 is 0. The number of carbonyl (C=O) groups is 1. The fourth-order valence-electron chi connectivity index (χ4n) is 3.47. The van der Waals surface area contributed by atoms with E-state index < -0.39 is 6.10 Å². The summed E-state index contributed by atoms with van der Waals surface area (Å²) in [7, 11) is 0. The Morgan fingerprint density at radius 3 is 2.59 bits per heavy atom. The van der Waals surface area contributed by atoms with Crippen molar-refractivity contribution in [2.24, 2.45) is 0 Å². The van der Waals surface area contributed by atoms with Crippen LogP contribution in [-0.2, 0) is 6.42 Å². The standard InChI is InChI=1S/C23H28N2O2/c1-5-6-7-12-22-16(2)24-25(17(22)3)23(26)18(4)27-21-14-13-19-10-8-9-11-20(19)15-21/h8-11,13-15,18H,5-7,12H2,1-4H3. The van der Waals surface area contributed by atoms with Crippen LogP contribution >= 0.6 is 0 Å². The van der Waals surface area contributed by atoms with Gasteiger partial charge in [0, 0.05) is 5.69 Å². The van der Waals surface area contributed by atoms with Gasteiger partial charge in [0.1, 0.15) is 5.75 Å². The molecule has 3 rings (SSSR count). The molecule has 2 aromatic carbocycles. The van der Waals surface area contributed by atoms with Gasteiger partial charge in [0.05, 0.1) is 5.69 Å². The Bertz CT molecular complexity index is 943. The zero-order valence-electron chi connectivity index (χ0n) is 16.7. The fourth-order valence-corrected chi connectivity index (χ4v) is 3.47. The van der Waals surface area contributed by atoms with Crippen molar-refractivity contribution in [2.45, 2.75) is 59.5 Å². The minimum Gasteiger partial charge on any atom is -0.481 e. The highest BCUT2D eigenvalue weighted by Crippen LogP contribution is 2.22. The van der Waals surface area contributed by atoms with Gasteiger partial charge in [-0.1, -0.05) is 50.1 Å². The lowest BCUT2D eigenvalue weighted by Crippen LogP contribution is -2.30. The molecule has 27 heavy (non-hydrogen) atoms. The molecule has 0 bridgehead atoms. The average molecular weight is 364 g/mol. The lowest BCUT2D eigenvalue weighted by molar-refractivity contribution is 0.0707. The monoisotopic (exact) mass is 364 g/mol. The molecule has 4 heteroatoms. The van der Waals surface area contributed by atoms with Crippen LogP contribution < -0.4 is 4.74 Å². The number of benzene rings is 2. The molecule has 0 amide bonds. The van der Waals surface area contributed by atoms with Crippen LogP contribution in [0.25, 0.3) is 10.8 Å². The second-order valence-corrected chi connectivity index (χ2v) is 7.13. The third-order valence-electron chi connectivity index (χ3n) is 5.06. The maximum Gasteiger partial charge on any atom is 0.287 e. The van der Waals surface area contributed by atoms with Crippen LogP contribution in [0, 0.1) is 13.8 Å². The summed E-state index contributed by atoms with van der Waals surface area (Å²) < 4.78 is 7.45. The Balaban J connectivity index is 1.75. The van der Waals surface area contributed by atoms with Crippen molar-refractivity contribution >= 4 is 16.7 Å². The van der Waals surface area contributed by atoms with E-state index >= 15 is 0 Å². The molecule has 1 heterocycles. The maximum atomic E-state index is 12.9. The van der Waals surface area contributed by atoms with Gasteiger partial charge in [-0.15, -0.1) is 0 Å². The van der Waals surface area contributed by atoms with Crippen molar-refractivity contribution in [1.82, 2.24) is 9.78 Å². The zero-order chi connectivity index (χ0) is 19.4. The van der Waals surface area contributed by atoms with E-state index in [0.29, 0.717) is 5.75 Å². The molecule has 3 aromatic rings. The molecule has 4 nitrogen and oxygen atoms in total. The normalized spacial score (nSPS) is 12.3. The highest BCUT2D eigenvalue weighted by atomic mass is 16.5.